The Bertz CT molecular complexity index is 1540. The molecule has 12 nitrogen and oxygen atoms in total. The highest BCUT2D eigenvalue weighted by Gasteiger charge is 2.35. The van der Waals surface area contributed by atoms with Crippen molar-refractivity contribution in [3.05, 3.63) is 60.3 Å². The number of nitrogens with zero attached hydrogens (tertiary/aromatic N) is 6. The first-order chi connectivity index (χ1) is 22.4. The summed E-state index contributed by atoms with van der Waals surface area (Å²) in [6.45, 7) is 5.59. The van der Waals surface area contributed by atoms with Crippen molar-refractivity contribution in [1.29, 1.82) is 5.26 Å². The highest BCUT2D eigenvalue weighted by molar-refractivity contribution is 5.81. The second kappa shape index (κ2) is 14.4. The Morgan fingerprint density at radius 2 is 1.93 bits per heavy atom. The topological polar surface area (TPSA) is 136 Å². The summed E-state index contributed by atoms with van der Waals surface area (Å²) in [4.78, 5) is 27.5. The summed E-state index contributed by atoms with van der Waals surface area (Å²) in [5.41, 5.74) is 2.91. The van der Waals surface area contributed by atoms with Gasteiger partial charge in [-0.3, -0.25) is 9.69 Å². The first-order valence-electron chi connectivity index (χ1n) is 15.5. The molecule has 2 N–H and O–H groups in total. The summed E-state index contributed by atoms with van der Waals surface area (Å²) in [7, 11) is 1.38. The van der Waals surface area contributed by atoms with Crippen LogP contribution in [0.2, 0.25) is 0 Å². The summed E-state index contributed by atoms with van der Waals surface area (Å²) in [5.74, 6) is 0.684. The number of ether oxygens (including phenoxy) is 3. The largest absolute Gasteiger partial charge is 0.486 e. The van der Waals surface area contributed by atoms with E-state index in [0.717, 1.165) is 45.1 Å². The van der Waals surface area contributed by atoms with Crippen molar-refractivity contribution in [2.24, 2.45) is 0 Å². The van der Waals surface area contributed by atoms with E-state index in [1.54, 1.807) is 30.5 Å². The van der Waals surface area contributed by atoms with Crippen molar-refractivity contribution >= 4 is 23.1 Å². The number of piperidine rings is 1. The van der Waals surface area contributed by atoms with Crippen molar-refractivity contribution in [3.8, 4) is 23.2 Å². The fourth-order valence-electron chi connectivity index (χ4n) is 5.93. The van der Waals surface area contributed by atoms with Crippen LogP contribution in [0.4, 0.5) is 21.6 Å². The standard InChI is InChI=1S/C33H38FN7O5/c1-44-21-28(42)33(43)41-11-9-30(27(34)18-41)46-29-7-2-22(16-23(29)17-35)32-36-10-8-31(38-32)37-24-3-5-25(6-4-24)39-12-14-40(15-13-39)26-19-45-20-26/h2-8,10,16,26-28,30,42H,9,11-15,18-21H2,1H3,(H,36,37,38)/t27-,28?,30+/m1/s1. The van der Waals surface area contributed by atoms with E-state index in [2.05, 4.69) is 43.3 Å². The molecule has 4 heterocycles. The zero-order valence-electron chi connectivity index (χ0n) is 25.7. The number of hydrogen-bond acceptors (Lipinski definition) is 11. The van der Waals surface area contributed by atoms with E-state index in [1.165, 1.54) is 17.7 Å². The molecule has 0 spiro atoms. The lowest BCUT2D eigenvalue weighted by atomic mass is 10.0. The van der Waals surface area contributed by atoms with Gasteiger partial charge in [-0.05, 0) is 48.5 Å². The smallest absolute Gasteiger partial charge is 0.253 e. The SMILES string of the molecule is COCC(O)C(=O)N1CC[C@H](Oc2ccc(-c3nccc(Nc4ccc(N5CCN(C6COC6)CC5)cc4)n3)cc2C#N)[C@H](F)C1. The van der Waals surface area contributed by atoms with Crippen LogP contribution in [-0.2, 0) is 14.3 Å². The minimum absolute atomic E-state index is 0.157. The summed E-state index contributed by atoms with van der Waals surface area (Å²) >= 11 is 0. The van der Waals surface area contributed by atoms with Crippen LogP contribution in [0.1, 0.15) is 12.0 Å². The number of carbonyl (C=O) groups is 1. The minimum Gasteiger partial charge on any atom is -0.486 e. The summed E-state index contributed by atoms with van der Waals surface area (Å²) < 4.78 is 31.1. The minimum atomic E-state index is -1.49. The van der Waals surface area contributed by atoms with E-state index >= 15 is 4.39 Å². The molecule has 0 aliphatic carbocycles. The maximum atomic E-state index is 15.0. The molecule has 46 heavy (non-hydrogen) atoms. The Kier molecular flexibility index (Phi) is 9.89. The first kappa shape index (κ1) is 31.6. The highest BCUT2D eigenvalue weighted by Crippen LogP contribution is 2.29. The lowest BCUT2D eigenvalue weighted by Crippen LogP contribution is -2.56. The number of hydrogen-bond donors (Lipinski definition) is 2. The average molecular weight is 632 g/mol. The number of aliphatic hydroxyl groups is 1. The maximum Gasteiger partial charge on any atom is 0.253 e. The van der Waals surface area contributed by atoms with Crippen molar-refractivity contribution in [1.82, 2.24) is 19.8 Å². The van der Waals surface area contributed by atoms with Gasteiger partial charge in [0, 0.05) is 69.4 Å². The molecule has 1 amide bonds. The number of amides is 1. The van der Waals surface area contributed by atoms with Crippen LogP contribution in [0, 0.1) is 11.3 Å². The van der Waals surface area contributed by atoms with Crippen LogP contribution in [0.5, 0.6) is 5.75 Å². The fraction of sp³-hybridized carbons (Fsp3) is 0.455. The number of likely N-dealkylation sites (tertiary alicyclic amines) is 1. The second-order valence-corrected chi connectivity index (χ2v) is 11.7. The number of halogens is 1. The molecule has 3 fully saturated rings. The number of alkyl halides is 1. The monoisotopic (exact) mass is 631 g/mol. The van der Waals surface area contributed by atoms with Gasteiger partial charge in [0.15, 0.2) is 18.1 Å². The molecule has 0 bridgehead atoms. The third-order valence-electron chi connectivity index (χ3n) is 8.65. The van der Waals surface area contributed by atoms with Gasteiger partial charge < -0.3 is 34.4 Å². The Morgan fingerprint density at radius 1 is 1.15 bits per heavy atom. The second-order valence-electron chi connectivity index (χ2n) is 11.7. The van der Waals surface area contributed by atoms with Crippen molar-refractivity contribution < 1.29 is 28.5 Å². The van der Waals surface area contributed by atoms with Crippen molar-refractivity contribution in [2.75, 3.05) is 76.4 Å². The molecule has 242 valence electrons. The first-order valence-corrected chi connectivity index (χ1v) is 15.5. The normalized spacial score (nSPS) is 21.3. The third-order valence-corrected chi connectivity index (χ3v) is 8.65. The van der Waals surface area contributed by atoms with Crippen LogP contribution in [0.15, 0.2) is 54.7 Å². The van der Waals surface area contributed by atoms with E-state index in [1.807, 2.05) is 12.1 Å². The number of methoxy groups -OCH3 is 1. The van der Waals surface area contributed by atoms with Gasteiger partial charge >= 0.3 is 0 Å². The van der Waals surface area contributed by atoms with E-state index in [-0.39, 0.29) is 37.4 Å². The Balaban J connectivity index is 1.06. The fourth-order valence-corrected chi connectivity index (χ4v) is 5.93. The summed E-state index contributed by atoms with van der Waals surface area (Å²) in [6.07, 6.45) is -1.81. The maximum absolute atomic E-state index is 15.0. The van der Waals surface area contributed by atoms with Crippen molar-refractivity contribution in [3.63, 3.8) is 0 Å². The molecule has 3 aliphatic rings. The average Bonchev–Trinajstić information content (AvgIpc) is 3.05. The molecule has 6 rings (SSSR count). The molecule has 3 aromatic rings. The molecule has 1 unspecified atom stereocenters. The number of anilines is 3. The third kappa shape index (κ3) is 7.21. The molecule has 0 radical (unpaired) electrons. The molecule has 3 aliphatic heterocycles. The van der Waals surface area contributed by atoms with Crippen LogP contribution in [0.3, 0.4) is 0 Å². The predicted molar refractivity (Wildman–Crippen MR) is 169 cm³/mol. The molecule has 13 heteroatoms. The van der Waals surface area contributed by atoms with Gasteiger partial charge in [-0.25, -0.2) is 14.4 Å². The van der Waals surface area contributed by atoms with E-state index < -0.39 is 24.3 Å². The number of aromatic nitrogens is 2. The van der Waals surface area contributed by atoms with Gasteiger partial charge in [0.1, 0.15) is 23.7 Å². The quantitative estimate of drug-likeness (QED) is 0.342. The molecule has 0 saturated carbocycles. The van der Waals surface area contributed by atoms with Gasteiger partial charge in [-0.15, -0.1) is 0 Å². The molecule has 2 aromatic carbocycles. The van der Waals surface area contributed by atoms with Gasteiger partial charge in [0.25, 0.3) is 5.91 Å². The van der Waals surface area contributed by atoms with Crippen LogP contribution in [0.25, 0.3) is 11.4 Å². The molecule has 1 aromatic heterocycles. The Hall–Kier alpha value is -4.35. The van der Waals surface area contributed by atoms with Crippen molar-refractivity contribution in [2.45, 2.75) is 30.8 Å². The zero-order chi connectivity index (χ0) is 32.0. The van der Waals surface area contributed by atoms with Gasteiger partial charge in [0.05, 0.1) is 38.0 Å². The Morgan fingerprint density at radius 3 is 2.61 bits per heavy atom. The number of nitrogens with one attached hydrogen (secondary N) is 1. The van der Waals surface area contributed by atoms with E-state index in [4.69, 9.17) is 14.2 Å². The lowest BCUT2D eigenvalue weighted by molar-refractivity contribution is -0.146. The van der Waals surface area contributed by atoms with E-state index in [0.29, 0.717) is 23.2 Å². The lowest BCUT2D eigenvalue weighted by Gasteiger charge is -2.43. The number of piperazine rings is 1. The number of nitriles is 1. The summed E-state index contributed by atoms with van der Waals surface area (Å²) in [6, 6.07) is 17.7. The highest BCUT2D eigenvalue weighted by atomic mass is 19.1. The van der Waals surface area contributed by atoms with Crippen LogP contribution in [-0.4, -0.2) is 121 Å². The van der Waals surface area contributed by atoms with Gasteiger partial charge in [-0.1, -0.05) is 0 Å². The number of benzene rings is 2. The number of rotatable bonds is 10. The number of aliphatic hydroxyl groups excluding tert-OH is 1. The van der Waals surface area contributed by atoms with Gasteiger partial charge in [-0.2, -0.15) is 5.26 Å². The molecular formula is C33H38FN7O5. The predicted octanol–water partition coefficient (Wildman–Crippen LogP) is 2.60. The van der Waals surface area contributed by atoms with Gasteiger partial charge in [0.2, 0.25) is 0 Å². The van der Waals surface area contributed by atoms with Crippen LogP contribution < -0.4 is 15.0 Å². The van der Waals surface area contributed by atoms with Crippen LogP contribution >= 0.6 is 0 Å². The Labute approximate surface area is 267 Å². The molecule has 3 atom stereocenters. The zero-order valence-corrected chi connectivity index (χ0v) is 25.7. The van der Waals surface area contributed by atoms with E-state index in [9.17, 15) is 15.2 Å². The molecule has 3 saturated heterocycles. The number of carbonyl (C=O) groups excluding carboxylic acids is 1. The molecular weight excluding hydrogens is 593 g/mol. The summed E-state index contributed by atoms with van der Waals surface area (Å²) in [5, 5.41) is 23.1.